The zero-order valence-electron chi connectivity index (χ0n) is 31.3. The van der Waals surface area contributed by atoms with E-state index in [1.165, 1.54) is 43.9 Å². The van der Waals surface area contributed by atoms with Crippen LogP contribution in [0.4, 0.5) is 17.1 Å². The van der Waals surface area contributed by atoms with Crippen molar-refractivity contribution >= 4 is 60.4 Å². The van der Waals surface area contributed by atoms with Crippen LogP contribution in [0.1, 0.15) is 0 Å². The third kappa shape index (κ3) is 5.07. The molecule has 0 aliphatic carbocycles. The average Bonchev–Trinajstić information content (AvgIpc) is 3.63. The predicted octanol–water partition coefficient (Wildman–Crippen LogP) is 13.7. The zero-order valence-corrected chi connectivity index (χ0v) is 31.3. The first kappa shape index (κ1) is 32.4. The van der Waals surface area contributed by atoms with Crippen molar-refractivity contribution in [2.24, 2.45) is 0 Å². The molecule has 5 heteroatoms. The maximum absolute atomic E-state index is 5.24. The SMILES string of the molecule is c1ccc(-c2ccc(-c3nc(-c4ccc(N5c6cc7ccccc7cc6-c6cccc7cccc5c67)cc4)nc(-n4c5ccccc5c5ccccc54)n3)cc2)cc1. The van der Waals surface area contributed by atoms with Crippen LogP contribution in [0.15, 0.2) is 200 Å². The molecule has 0 fully saturated rings. The van der Waals surface area contributed by atoms with Crippen molar-refractivity contribution in [1.29, 1.82) is 0 Å². The van der Waals surface area contributed by atoms with Crippen LogP contribution in [0.5, 0.6) is 0 Å². The minimum Gasteiger partial charge on any atom is -0.309 e. The lowest BCUT2D eigenvalue weighted by atomic mass is 9.89. The first-order chi connectivity index (χ1) is 28.7. The van der Waals surface area contributed by atoms with E-state index in [4.69, 9.17) is 15.0 Å². The highest BCUT2D eigenvalue weighted by Crippen LogP contribution is 2.52. The molecule has 0 saturated heterocycles. The summed E-state index contributed by atoms with van der Waals surface area (Å²) in [6.07, 6.45) is 0. The van der Waals surface area contributed by atoms with Crippen molar-refractivity contribution < 1.29 is 0 Å². The molecular weight excluding hydrogens is 707 g/mol. The highest BCUT2D eigenvalue weighted by Gasteiger charge is 2.27. The molecule has 1 aliphatic heterocycles. The Kier molecular flexibility index (Phi) is 7.16. The fraction of sp³-hybridized carbons (Fsp3) is 0. The standard InChI is InChI=1S/C53H33N5/c1-2-12-34(13-3-1)35-24-26-37(27-25-35)51-54-52(56-53(55-51)58-46-21-8-6-18-42(46)43-19-7-9-22-47(43)58)38-28-30-41(31-29-38)57-48-23-11-17-36-16-10-20-44(50(36)48)45-32-39-14-4-5-15-40(39)33-49(45)57/h1-33H. The van der Waals surface area contributed by atoms with Crippen LogP contribution in [0.3, 0.4) is 0 Å². The molecule has 58 heavy (non-hydrogen) atoms. The number of rotatable bonds is 5. The molecule has 1 aliphatic rings. The molecule has 0 atom stereocenters. The van der Waals surface area contributed by atoms with Gasteiger partial charge >= 0.3 is 0 Å². The van der Waals surface area contributed by atoms with E-state index in [9.17, 15) is 0 Å². The van der Waals surface area contributed by atoms with E-state index >= 15 is 0 Å². The van der Waals surface area contributed by atoms with Gasteiger partial charge in [-0.2, -0.15) is 9.97 Å². The number of para-hydroxylation sites is 2. The van der Waals surface area contributed by atoms with Gasteiger partial charge in [0.1, 0.15) is 0 Å². The van der Waals surface area contributed by atoms with Gasteiger partial charge in [0.2, 0.25) is 5.95 Å². The number of hydrogen-bond acceptors (Lipinski definition) is 4. The fourth-order valence-corrected chi connectivity index (χ4v) is 8.83. The summed E-state index contributed by atoms with van der Waals surface area (Å²) in [4.78, 5) is 18.0. The molecule has 0 amide bonds. The van der Waals surface area contributed by atoms with Gasteiger partial charge in [0.25, 0.3) is 0 Å². The number of benzene rings is 9. The molecule has 3 heterocycles. The predicted molar refractivity (Wildman–Crippen MR) is 239 cm³/mol. The monoisotopic (exact) mass is 739 g/mol. The fourth-order valence-electron chi connectivity index (χ4n) is 8.83. The van der Waals surface area contributed by atoms with Gasteiger partial charge in [-0.25, -0.2) is 4.98 Å². The van der Waals surface area contributed by atoms with Crippen molar-refractivity contribution in [2.75, 3.05) is 4.90 Å². The molecule has 0 radical (unpaired) electrons. The van der Waals surface area contributed by atoms with E-state index in [0.717, 1.165) is 49.9 Å². The molecule has 0 spiro atoms. The lowest BCUT2D eigenvalue weighted by Gasteiger charge is -2.34. The van der Waals surface area contributed by atoms with Gasteiger partial charge in [0.15, 0.2) is 11.6 Å². The number of anilines is 3. The van der Waals surface area contributed by atoms with Crippen LogP contribution >= 0.6 is 0 Å². The second-order valence-electron chi connectivity index (χ2n) is 14.9. The Morgan fingerprint density at radius 3 is 1.57 bits per heavy atom. The summed E-state index contributed by atoms with van der Waals surface area (Å²) in [5.74, 6) is 1.80. The number of fused-ring (bicyclic) bond motifs is 6. The van der Waals surface area contributed by atoms with Crippen LogP contribution in [0, 0.1) is 0 Å². The second-order valence-corrected chi connectivity index (χ2v) is 14.9. The van der Waals surface area contributed by atoms with Crippen molar-refractivity contribution in [2.45, 2.75) is 0 Å². The molecule has 9 aromatic carbocycles. The Morgan fingerprint density at radius 1 is 0.345 bits per heavy atom. The third-order valence-electron chi connectivity index (χ3n) is 11.6. The molecule has 0 saturated carbocycles. The number of aromatic nitrogens is 4. The van der Waals surface area contributed by atoms with Crippen molar-refractivity contribution in [3.05, 3.63) is 200 Å². The summed E-state index contributed by atoms with van der Waals surface area (Å²) >= 11 is 0. The smallest absolute Gasteiger partial charge is 0.238 e. The minimum absolute atomic E-state index is 0.578. The molecule has 270 valence electrons. The van der Waals surface area contributed by atoms with Gasteiger partial charge in [0, 0.05) is 38.5 Å². The molecule has 11 aromatic rings. The summed E-state index contributed by atoms with van der Waals surface area (Å²) in [6.45, 7) is 0. The van der Waals surface area contributed by atoms with Crippen molar-refractivity contribution in [1.82, 2.24) is 19.5 Å². The molecule has 2 aromatic heterocycles. The lowest BCUT2D eigenvalue weighted by Crippen LogP contribution is -2.15. The average molecular weight is 740 g/mol. The first-order valence-corrected chi connectivity index (χ1v) is 19.6. The Hall–Kier alpha value is -7.89. The summed E-state index contributed by atoms with van der Waals surface area (Å²) in [5, 5.41) is 7.23. The van der Waals surface area contributed by atoms with Crippen molar-refractivity contribution in [3.63, 3.8) is 0 Å². The molecular formula is C53H33N5. The van der Waals surface area contributed by atoms with E-state index < -0.39 is 0 Å². The highest BCUT2D eigenvalue weighted by atomic mass is 15.2. The molecule has 12 rings (SSSR count). The maximum Gasteiger partial charge on any atom is 0.238 e. The van der Waals surface area contributed by atoms with Crippen LogP contribution in [-0.4, -0.2) is 19.5 Å². The van der Waals surface area contributed by atoms with Crippen molar-refractivity contribution in [3.8, 4) is 51.0 Å². The number of hydrogen-bond donors (Lipinski definition) is 0. The van der Waals surface area contributed by atoms with E-state index in [2.05, 4.69) is 204 Å². The topological polar surface area (TPSA) is 46.8 Å². The maximum atomic E-state index is 5.24. The van der Waals surface area contributed by atoms with Gasteiger partial charge in [-0.1, -0.05) is 146 Å². The van der Waals surface area contributed by atoms with Gasteiger partial charge in [-0.15, -0.1) is 0 Å². The number of nitrogens with zero attached hydrogens (tertiary/aromatic N) is 5. The van der Waals surface area contributed by atoms with Gasteiger partial charge in [-0.3, -0.25) is 4.57 Å². The van der Waals surface area contributed by atoms with Crippen LogP contribution in [-0.2, 0) is 0 Å². The van der Waals surface area contributed by atoms with Crippen LogP contribution in [0.25, 0.3) is 94.3 Å². The Balaban J connectivity index is 1.03. The largest absolute Gasteiger partial charge is 0.309 e. The van der Waals surface area contributed by atoms with E-state index in [1.54, 1.807) is 0 Å². The molecule has 0 unspecified atom stereocenters. The highest BCUT2D eigenvalue weighted by molar-refractivity contribution is 6.15. The summed E-state index contributed by atoms with van der Waals surface area (Å²) in [7, 11) is 0. The van der Waals surface area contributed by atoms with E-state index in [0.29, 0.717) is 17.6 Å². The molecule has 5 nitrogen and oxygen atoms in total. The Bertz CT molecular complexity index is 3330. The molecule has 0 bridgehead atoms. The normalized spacial score (nSPS) is 12.1. The third-order valence-corrected chi connectivity index (χ3v) is 11.6. The Labute approximate surface area is 334 Å². The zero-order chi connectivity index (χ0) is 38.2. The van der Waals surface area contributed by atoms with Crippen LogP contribution in [0.2, 0.25) is 0 Å². The van der Waals surface area contributed by atoms with E-state index in [-0.39, 0.29) is 0 Å². The quantitative estimate of drug-likeness (QED) is 0.176. The van der Waals surface area contributed by atoms with E-state index in [1.807, 2.05) is 6.07 Å². The van der Waals surface area contributed by atoms with Gasteiger partial charge in [-0.05, 0) is 87.4 Å². The summed E-state index contributed by atoms with van der Waals surface area (Å²) in [5.41, 5.74) is 12.1. The van der Waals surface area contributed by atoms with Gasteiger partial charge in [0.05, 0.1) is 22.4 Å². The first-order valence-electron chi connectivity index (χ1n) is 19.6. The summed E-state index contributed by atoms with van der Waals surface area (Å²) < 4.78 is 2.17. The van der Waals surface area contributed by atoms with Crippen LogP contribution < -0.4 is 4.90 Å². The van der Waals surface area contributed by atoms with Gasteiger partial charge < -0.3 is 4.90 Å². The Morgan fingerprint density at radius 2 is 0.879 bits per heavy atom. The summed E-state index contributed by atoms with van der Waals surface area (Å²) in [6, 6.07) is 71.0. The lowest BCUT2D eigenvalue weighted by molar-refractivity contribution is 0.953. The second kappa shape index (κ2) is 12.8. The minimum atomic E-state index is 0.578. The molecule has 0 N–H and O–H groups in total.